The second kappa shape index (κ2) is 5.76. The summed E-state index contributed by atoms with van der Waals surface area (Å²) in [6.45, 7) is 0.659. The fourth-order valence-corrected chi connectivity index (χ4v) is 3.89. The smallest absolute Gasteiger partial charge is 0.277 e. The molecular formula is C17H16N4O3S. The van der Waals surface area contributed by atoms with Gasteiger partial charge < -0.3 is 4.98 Å². The molecule has 25 heavy (non-hydrogen) atoms. The van der Waals surface area contributed by atoms with Crippen LogP contribution in [0.3, 0.4) is 0 Å². The van der Waals surface area contributed by atoms with Crippen molar-refractivity contribution in [1.82, 2.24) is 14.3 Å². The first-order valence-electron chi connectivity index (χ1n) is 7.80. The molecule has 2 aromatic heterocycles. The Morgan fingerprint density at radius 1 is 1.12 bits per heavy atom. The second-order valence-electron chi connectivity index (χ2n) is 6.06. The molecule has 0 aliphatic carbocycles. The Kier molecular flexibility index (Phi) is 3.68. The van der Waals surface area contributed by atoms with Crippen molar-refractivity contribution in [3.05, 3.63) is 64.1 Å². The van der Waals surface area contributed by atoms with Crippen molar-refractivity contribution in [1.29, 1.82) is 0 Å². The lowest BCUT2D eigenvalue weighted by Gasteiger charge is -2.26. The van der Waals surface area contributed by atoms with Crippen LogP contribution >= 0.6 is 0 Å². The van der Waals surface area contributed by atoms with Gasteiger partial charge in [-0.15, -0.1) is 0 Å². The Hall–Kier alpha value is -2.55. The molecule has 1 aliphatic rings. The standard InChI is InChI=1S/C17H16N4O3S/c18-25(23,24)21-8-6-11-1-2-12(9-13(11)10-21)14-5-7-19-17-15(14)3-4-16(22)20-17/h1-5,7,9H,6,8,10H2,(H2,18,23,24)(H,19,20,22). The number of nitrogens with two attached hydrogens (primary N) is 1. The Balaban J connectivity index is 1.82. The molecule has 0 spiro atoms. The highest BCUT2D eigenvalue weighted by molar-refractivity contribution is 7.86. The monoisotopic (exact) mass is 356 g/mol. The highest BCUT2D eigenvalue weighted by Gasteiger charge is 2.24. The van der Waals surface area contributed by atoms with Crippen LogP contribution in [0, 0.1) is 0 Å². The molecule has 8 heteroatoms. The largest absolute Gasteiger partial charge is 0.307 e. The molecule has 0 amide bonds. The number of rotatable bonds is 2. The van der Waals surface area contributed by atoms with Crippen molar-refractivity contribution in [3.63, 3.8) is 0 Å². The molecule has 0 unspecified atom stereocenters. The maximum absolute atomic E-state index is 11.6. The van der Waals surface area contributed by atoms with Crippen LogP contribution < -0.4 is 10.7 Å². The van der Waals surface area contributed by atoms with Gasteiger partial charge in [0.25, 0.3) is 10.2 Å². The van der Waals surface area contributed by atoms with E-state index in [0.29, 0.717) is 18.6 Å². The van der Waals surface area contributed by atoms with Gasteiger partial charge in [-0.3, -0.25) is 4.79 Å². The Morgan fingerprint density at radius 2 is 1.96 bits per heavy atom. The van der Waals surface area contributed by atoms with E-state index in [0.717, 1.165) is 27.6 Å². The third kappa shape index (κ3) is 2.95. The van der Waals surface area contributed by atoms with E-state index in [9.17, 15) is 13.2 Å². The highest BCUT2D eigenvalue weighted by Crippen LogP contribution is 2.30. The molecule has 1 aromatic carbocycles. The minimum atomic E-state index is -3.70. The van der Waals surface area contributed by atoms with Crippen LogP contribution in [-0.4, -0.2) is 29.2 Å². The summed E-state index contributed by atoms with van der Waals surface area (Å²) in [5, 5.41) is 6.10. The van der Waals surface area contributed by atoms with Crippen LogP contribution in [0.1, 0.15) is 11.1 Å². The fraction of sp³-hybridized carbons (Fsp3) is 0.176. The molecule has 0 atom stereocenters. The van der Waals surface area contributed by atoms with E-state index in [1.165, 1.54) is 10.4 Å². The van der Waals surface area contributed by atoms with Crippen LogP contribution in [0.25, 0.3) is 22.2 Å². The first kappa shape index (κ1) is 15.9. The highest BCUT2D eigenvalue weighted by atomic mass is 32.2. The molecule has 3 aromatic rings. The summed E-state index contributed by atoms with van der Waals surface area (Å²) >= 11 is 0. The molecule has 0 radical (unpaired) electrons. The summed E-state index contributed by atoms with van der Waals surface area (Å²) in [6.07, 6.45) is 2.28. The third-order valence-electron chi connectivity index (χ3n) is 4.49. The lowest BCUT2D eigenvalue weighted by Crippen LogP contribution is -2.40. The van der Waals surface area contributed by atoms with Crippen molar-refractivity contribution >= 4 is 21.2 Å². The van der Waals surface area contributed by atoms with E-state index in [2.05, 4.69) is 9.97 Å². The van der Waals surface area contributed by atoms with Gasteiger partial charge in [0, 0.05) is 30.7 Å². The average Bonchev–Trinajstić information content (AvgIpc) is 2.59. The Labute approximate surface area is 144 Å². The topological polar surface area (TPSA) is 109 Å². The molecule has 0 saturated carbocycles. The zero-order valence-electron chi connectivity index (χ0n) is 13.3. The maximum atomic E-state index is 11.6. The molecule has 1 aliphatic heterocycles. The number of nitrogens with zero attached hydrogens (tertiary/aromatic N) is 2. The van der Waals surface area contributed by atoms with E-state index >= 15 is 0 Å². The van der Waals surface area contributed by atoms with E-state index < -0.39 is 10.2 Å². The number of benzene rings is 1. The summed E-state index contributed by atoms with van der Waals surface area (Å²) in [6, 6.07) is 11.1. The van der Waals surface area contributed by atoms with Crippen molar-refractivity contribution < 1.29 is 8.42 Å². The Bertz CT molecular complexity index is 1140. The molecule has 0 bridgehead atoms. The molecule has 128 valence electrons. The summed E-state index contributed by atoms with van der Waals surface area (Å²) in [5.74, 6) is 0. The van der Waals surface area contributed by atoms with Gasteiger partial charge in [0.15, 0.2) is 0 Å². The molecule has 3 heterocycles. The van der Waals surface area contributed by atoms with E-state index in [1.807, 2.05) is 24.3 Å². The molecule has 3 N–H and O–H groups in total. The van der Waals surface area contributed by atoms with Gasteiger partial charge >= 0.3 is 0 Å². The summed E-state index contributed by atoms with van der Waals surface area (Å²) in [4.78, 5) is 18.4. The van der Waals surface area contributed by atoms with Gasteiger partial charge in [0.05, 0.1) is 0 Å². The molecule has 0 saturated heterocycles. The van der Waals surface area contributed by atoms with Crippen molar-refractivity contribution in [2.24, 2.45) is 5.14 Å². The predicted octanol–water partition coefficient (Wildman–Crippen LogP) is 1.15. The summed E-state index contributed by atoms with van der Waals surface area (Å²) in [7, 11) is -3.70. The van der Waals surface area contributed by atoms with Crippen molar-refractivity contribution in [3.8, 4) is 11.1 Å². The normalized spacial score (nSPS) is 15.2. The summed E-state index contributed by atoms with van der Waals surface area (Å²) < 4.78 is 24.5. The van der Waals surface area contributed by atoms with Crippen LogP contribution in [0.5, 0.6) is 0 Å². The van der Waals surface area contributed by atoms with Crippen LogP contribution in [-0.2, 0) is 23.2 Å². The van der Waals surface area contributed by atoms with Crippen molar-refractivity contribution in [2.75, 3.05) is 6.54 Å². The second-order valence-corrected chi connectivity index (χ2v) is 7.60. The van der Waals surface area contributed by atoms with Gasteiger partial charge in [-0.1, -0.05) is 12.1 Å². The molecule has 0 fully saturated rings. The number of H-pyrrole nitrogens is 1. The number of hydrogen-bond donors (Lipinski definition) is 2. The SMILES string of the molecule is NS(=O)(=O)N1CCc2ccc(-c3ccnc4[nH]c(=O)ccc34)cc2C1. The Morgan fingerprint density at radius 3 is 2.76 bits per heavy atom. The number of fused-ring (bicyclic) bond motifs is 2. The van der Waals surface area contributed by atoms with Gasteiger partial charge in [0.1, 0.15) is 5.65 Å². The minimum Gasteiger partial charge on any atom is -0.307 e. The van der Waals surface area contributed by atoms with E-state index in [-0.39, 0.29) is 12.1 Å². The minimum absolute atomic E-state index is 0.202. The average molecular weight is 356 g/mol. The lowest BCUT2D eigenvalue weighted by atomic mass is 9.94. The number of aromatic amines is 1. The predicted molar refractivity (Wildman–Crippen MR) is 95.0 cm³/mol. The van der Waals surface area contributed by atoms with Crippen LogP contribution in [0.15, 0.2) is 47.4 Å². The van der Waals surface area contributed by atoms with Gasteiger partial charge in [-0.25, -0.2) is 10.1 Å². The van der Waals surface area contributed by atoms with E-state index in [4.69, 9.17) is 5.14 Å². The third-order valence-corrected chi connectivity index (χ3v) is 5.52. The summed E-state index contributed by atoms with van der Waals surface area (Å²) in [5.41, 5.74) is 4.24. The number of nitrogens with one attached hydrogen (secondary N) is 1. The fourth-order valence-electron chi connectivity index (χ4n) is 3.23. The van der Waals surface area contributed by atoms with Crippen LogP contribution in [0.4, 0.5) is 0 Å². The molecule has 4 rings (SSSR count). The first-order valence-corrected chi connectivity index (χ1v) is 9.30. The number of hydrogen-bond acceptors (Lipinski definition) is 4. The van der Waals surface area contributed by atoms with E-state index in [1.54, 1.807) is 12.3 Å². The zero-order chi connectivity index (χ0) is 17.6. The number of pyridine rings is 2. The quantitative estimate of drug-likeness (QED) is 0.718. The van der Waals surface area contributed by atoms with Crippen LogP contribution in [0.2, 0.25) is 0 Å². The van der Waals surface area contributed by atoms with Crippen molar-refractivity contribution in [2.45, 2.75) is 13.0 Å². The molecular weight excluding hydrogens is 340 g/mol. The lowest BCUT2D eigenvalue weighted by molar-refractivity contribution is 0.392. The first-order chi connectivity index (χ1) is 11.9. The maximum Gasteiger partial charge on any atom is 0.277 e. The molecule has 7 nitrogen and oxygen atoms in total. The van der Waals surface area contributed by atoms with Gasteiger partial charge in [-0.05, 0) is 46.9 Å². The van der Waals surface area contributed by atoms with Gasteiger partial charge in [0.2, 0.25) is 5.56 Å². The zero-order valence-corrected chi connectivity index (χ0v) is 14.1. The number of aromatic nitrogens is 2. The van der Waals surface area contributed by atoms with Gasteiger partial charge in [-0.2, -0.15) is 12.7 Å².